The highest BCUT2D eigenvalue weighted by Gasteiger charge is 2.54. The predicted molar refractivity (Wildman–Crippen MR) is 92.7 cm³/mol. The van der Waals surface area contributed by atoms with E-state index >= 15 is 0 Å². The molecule has 2 rings (SSSR count). The minimum Gasteiger partial charge on any atom is -0.497 e. The summed E-state index contributed by atoms with van der Waals surface area (Å²) in [5.74, 6) is 2.35. The molecule has 1 aromatic rings. The summed E-state index contributed by atoms with van der Waals surface area (Å²) < 4.78 is 17.4. The third kappa shape index (κ3) is 3.48. The zero-order valence-electron chi connectivity index (χ0n) is 14.8. The zero-order valence-corrected chi connectivity index (χ0v) is 14.8. The van der Waals surface area contributed by atoms with Gasteiger partial charge in [-0.05, 0) is 51.0 Å². The molecule has 1 aromatic carbocycles. The van der Waals surface area contributed by atoms with Gasteiger partial charge in [-0.15, -0.1) is 12.3 Å². The summed E-state index contributed by atoms with van der Waals surface area (Å²) in [7, 11) is 1.62. The van der Waals surface area contributed by atoms with E-state index in [0.29, 0.717) is 32.5 Å². The summed E-state index contributed by atoms with van der Waals surface area (Å²) in [6, 6.07) is 7.52. The third-order valence-corrected chi connectivity index (χ3v) is 4.61. The van der Waals surface area contributed by atoms with Crippen LogP contribution in [0.2, 0.25) is 0 Å². The molecule has 1 fully saturated rings. The smallest absolute Gasteiger partial charge is 0.207 e. The number of Topliss-reactive ketones (excluding diaryl/α,β-unsaturated/α-hetero) is 1. The lowest BCUT2D eigenvalue weighted by molar-refractivity contribution is -0.319. The number of ether oxygens (including phenoxy) is 3. The molecular formula is C20H26O4. The molecule has 0 saturated carbocycles. The molecular weight excluding hydrogens is 304 g/mol. The minimum atomic E-state index is -1.08. The quantitative estimate of drug-likeness (QED) is 0.565. The van der Waals surface area contributed by atoms with Crippen LogP contribution in [0.5, 0.6) is 5.75 Å². The van der Waals surface area contributed by atoms with Crippen LogP contribution in [0.4, 0.5) is 0 Å². The summed E-state index contributed by atoms with van der Waals surface area (Å²) in [5, 5.41) is 0. The molecule has 0 N–H and O–H groups in total. The SMILES string of the molecule is C#CCCCC(=O)C(C)(C)C1(c2ccc(OC)cc2)OCCCO1. The van der Waals surface area contributed by atoms with Crippen molar-refractivity contribution in [2.45, 2.75) is 45.3 Å². The summed E-state index contributed by atoms with van der Waals surface area (Å²) in [5.41, 5.74) is 0.00895. The molecule has 130 valence electrons. The monoisotopic (exact) mass is 330 g/mol. The molecule has 0 aromatic heterocycles. The predicted octanol–water partition coefficient (Wildman–Crippen LogP) is 3.68. The first-order chi connectivity index (χ1) is 11.5. The average Bonchev–Trinajstić information content (AvgIpc) is 2.62. The third-order valence-electron chi connectivity index (χ3n) is 4.61. The van der Waals surface area contributed by atoms with Gasteiger partial charge in [0.1, 0.15) is 11.5 Å². The van der Waals surface area contributed by atoms with E-state index in [9.17, 15) is 4.79 Å². The molecule has 0 unspecified atom stereocenters. The van der Waals surface area contributed by atoms with E-state index in [1.165, 1.54) is 0 Å². The summed E-state index contributed by atoms with van der Waals surface area (Å²) in [6.07, 6.45) is 7.80. The maximum atomic E-state index is 12.9. The molecule has 1 aliphatic heterocycles. The summed E-state index contributed by atoms with van der Waals surface area (Å²) >= 11 is 0. The molecule has 1 heterocycles. The lowest BCUT2D eigenvalue weighted by Crippen LogP contribution is -2.53. The van der Waals surface area contributed by atoms with Gasteiger partial charge in [0.15, 0.2) is 0 Å². The number of terminal acetylenes is 1. The Morgan fingerprint density at radius 3 is 2.46 bits per heavy atom. The molecule has 4 heteroatoms. The van der Waals surface area contributed by atoms with Gasteiger partial charge in [0.25, 0.3) is 0 Å². The maximum Gasteiger partial charge on any atom is 0.207 e. The molecule has 1 aliphatic rings. The van der Waals surface area contributed by atoms with Crippen molar-refractivity contribution in [3.63, 3.8) is 0 Å². The molecule has 0 spiro atoms. The summed E-state index contributed by atoms with van der Waals surface area (Å²) in [4.78, 5) is 12.9. The Bertz CT molecular complexity index is 589. The number of carbonyl (C=O) groups is 1. The minimum absolute atomic E-state index is 0.0930. The zero-order chi connectivity index (χ0) is 17.6. The Hall–Kier alpha value is -1.83. The van der Waals surface area contributed by atoms with Crippen LogP contribution < -0.4 is 4.74 Å². The normalized spacial score (nSPS) is 17.1. The molecule has 0 aliphatic carbocycles. The second-order valence-corrected chi connectivity index (χ2v) is 6.50. The molecule has 0 radical (unpaired) electrons. The van der Waals surface area contributed by atoms with E-state index in [2.05, 4.69) is 5.92 Å². The van der Waals surface area contributed by atoms with Crippen molar-refractivity contribution in [2.24, 2.45) is 5.41 Å². The molecule has 1 saturated heterocycles. The van der Waals surface area contributed by atoms with E-state index < -0.39 is 11.2 Å². The second kappa shape index (κ2) is 7.83. The van der Waals surface area contributed by atoms with Crippen LogP contribution >= 0.6 is 0 Å². The Labute approximate surface area is 144 Å². The highest BCUT2D eigenvalue weighted by Crippen LogP contribution is 2.47. The van der Waals surface area contributed by atoms with Gasteiger partial charge < -0.3 is 14.2 Å². The van der Waals surface area contributed by atoms with E-state index in [0.717, 1.165) is 17.7 Å². The fourth-order valence-electron chi connectivity index (χ4n) is 3.08. The van der Waals surface area contributed by atoms with Crippen molar-refractivity contribution >= 4 is 5.78 Å². The van der Waals surface area contributed by atoms with Crippen LogP contribution in [0.15, 0.2) is 24.3 Å². The van der Waals surface area contributed by atoms with Crippen LogP contribution in [0, 0.1) is 17.8 Å². The first-order valence-corrected chi connectivity index (χ1v) is 8.37. The van der Waals surface area contributed by atoms with Crippen LogP contribution in [0.1, 0.15) is 45.1 Å². The Morgan fingerprint density at radius 1 is 1.29 bits per heavy atom. The van der Waals surface area contributed by atoms with E-state index in [1.54, 1.807) is 7.11 Å². The average molecular weight is 330 g/mol. The van der Waals surface area contributed by atoms with E-state index in [4.69, 9.17) is 20.6 Å². The number of benzene rings is 1. The highest BCUT2D eigenvalue weighted by molar-refractivity contribution is 5.85. The molecule has 4 nitrogen and oxygen atoms in total. The van der Waals surface area contributed by atoms with Crippen molar-refractivity contribution in [2.75, 3.05) is 20.3 Å². The Balaban J connectivity index is 2.35. The van der Waals surface area contributed by atoms with Gasteiger partial charge in [0.05, 0.1) is 25.7 Å². The fraction of sp³-hybridized carbons (Fsp3) is 0.550. The lowest BCUT2D eigenvalue weighted by atomic mass is 9.73. The molecule has 0 amide bonds. The van der Waals surface area contributed by atoms with Crippen molar-refractivity contribution in [3.8, 4) is 18.1 Å². The van der Waals surface area contributed by atoms with Crippen LogP contribution in [-0.4, -0.2) is 26.1 Å². The van der Waals surface area contributed by atoms with Gasteiger partial charge in [0, 0.05) is 18.4 Å². The van der Waals surface area contributed by atoms with Gasteiger partial charge in [0.2, 0.25) is 5.79 Å². The van der Waals surface area contributed by atoms with Crippen LogP contribution in [-0.2, 0) is 20.1 Å². The number of rotatable bonds is 7. The standard InChI is InChI=1S/C20H26O4/c1-5-6-7-9-18(21)19(2,3)20(23-14-8-15-24-20)16-10-12-17(22-4)13-11-16/h1,10-13H,6-9,14-15H2,2-4H3. The Morgan fingerprint density at radius 2 is 1.92 bits per heavy atom. The van der Waals surface area contributed by atoms with Crippen LogP contribution in [0.3, 0.4) is 0 Å². The molecule has 0 bridgehead atoms. The fourth-order valence-corrected chi connectivity index (χ4v) is 3.08. The topological polar surface area (TPSA) is 44.8 Å². The number of hydrogen-bond donors (Lipinski definition) is 0. The molecule has 24 heavy (non-hydrogen) atoms. The number of methoxy groups -OCH3 is 1. The van der Waals surface area contributed by atoms with Gasteiger partial charge in [-0.3, -0.25) is 4.79 Å². The van der Waals surface area contributed by atoms with E-state index in [1.807, 2.05) is 38.1 Å². The van der Waals surface area contributed by atoms with Crippen molar-refractivity contribution in [1.82, 2.24) is 0 Å². The van der Waals surface area contributed by atoms with Gasteiger partial charge in [-0.1, -0.05) is 0 Å². The molecule has 0 atom stereocenters. The van der Waals surface area contributed by atoms with Gasteiger partial charge in [-0.2, -0.15) is 0 Å². The van der Waals surface area contributed by atoms with Gasteiger partial charge in [-0.25, -0.2) is 0 Å². The van der Waals surface area contributed by atoms with Gasteiger partial charge >= 0.3 is 0 Å². The number of carbonyl (C=O) groups excluding carboxylic acids is 1. The lowest BCUT2D eigenvalue weighted by Gasteiger charge is -2.47. The van der Waals surface area contributed by atoms with Crippen molar-refractivity contribution in [3.05, 3.63) is 29.8 Å². The highest BCUT2D eigenvalue weighted by atomic mass is 16.7. The van der Waals surface area contributed by atoms with Crippen LogP contribution in [0.25, 0.3) is 0 Å². The number of hydrogen-bond acceptors (Lipinski definition) is 4. The maximum absolute atomic E-state index is 12.9. The van der Waals surface area contributed by atoms with E-state index in [-0.39, 0.29) is 5.78 Å². The summed E-state index contributed by atoms with van der Waals surface area (Å²) in [6.45, 7) is 4.90. The van der Waals surface area contributed by atoms with Crippen molar-refractivity contribution in [1.29, 1.82) is 0 Å². The Kier molecular flexibility index (Phi) is 6.04. The first-order valence-electron chi connectivity index (χ1n) is 8.37. The number of ketones is 1. The second-order valence-electron chi connectivity index (χ2n) is 6.50. The van der Waals surface area contributed by atoms with Crippen molar-refractivity contribution < 1.29 is 19.0 Å². The first kappa shape index (κ1) is 18.5. The number of unbranched alkanes of at least 4 members (excludes halogenated alkanes) is 1. The largest absolute Gasteiger partial charge is 0.497 e.